The zero-order valence-electron chi connectivity index (χ0n) is 17.2. The van der Waals surface area contributed by atoms with Crippen molar-refractivity contribution in [1.82, 2.24) is 0 Å². The lowest BCUT2D eigenvalue weighted by Gasteiger charge is -2.08. The zero-order chi connectivity index (χ0) is 21.6. The van der Waals surface area contributed by atoms with Gasteiger partial charge in [0.05, 0.1) is 32.7 Å². The average Bonchev–Trinajstić information content (AvgIpc) is 2.71. The molecule has 162 valence electrons. The van der Waals surface area contributed by atoms with Gasteiger partial charge in [0, 0.05) is 5.57 Å². The summed E-state index contributed by atoms with van der Waals surface area (Å²) in [6.07, 6.45) is 11.8. The molecule has 0 amide bonds. The second-order valence-corrected chi connectivity index (χ2v) is 6.62. The summed E-state index contributed by atoms with van der Waals surface area (Å²) in [6, 6.07) is 0. The van der Waals surface area contributed by atoms with E-state index in [0.29, 0.717) is 19.7 Å². The number of rotatable bonds is 19. The van der Waals surface area contributed by atoms with Crippen molar-refractivity contribution in [3.05, 3.63) is 12.2 Å². The highest BCUT2D eigenvalue weighted by Gasteiger charge is 2.14. The average molecular weight is 408 g/mol. The van der Waals surface area contributed by atoms with Crippen molar-refractivity contribution < 1.29 is 28.7 Å². The molecule has 0 heterocycles. The van der Waals surface area contributed by atoms with Gasteiger partial charge in [-0.1, -0.05) is 45.1 Å². The van der Waals surface area contributed by atoms with Crippen LogP contribution in [0, 0.1) is 0 Å². The molecule has 0 aromatic carbocycles. The minimum atomic E-state index is -0.569. The largest absolute Gasteiger partial charge is 0.465 e. The first-order valence-electron chi connectivity index (χ1n) is 10.2. The fourth-order valence-electron chi connectivity index (χ4n) is 2.49. The van der Waals surface area contributed by atoms with Crippen LogP contribution in [-0.2, 0) is 28.7 Å². The molecule has 0 bridgehead atoms. The van der Waals surface area contributed by atoms with E-state index < -0.39 is 11.9 Å². The standard InChI is InChI=1S/C21H32N2O6/c1-19(21(27)29-15-11-7-3-5-9-13-23-18-25)16-20(26)28-14-10-6-2-4-8-12-22-17-24/h1-16H2. The normalized spacial score (nSPS) is 9.79. The van der Waals surface area contributed by atoms with E-state index in [0.717, 1.165) is 64.2 Å². The van der Waals surface area contributed by atoms with Gasteiger partial charge in [-0.2, -0.15) is 0 Å². The van der Waals surface area contributed by atoms with Gasteiger partial charge in [-0.05, 0) is 25.7 Å². The van der Waals surface area contributed by atoms with Crippen LogP contribution in [-0.4, -0.2) is 50.4 Å². The molecule has 0 saturated carbocycles. The fraction of sp³-hybridized carbons (Fsp3) is 0.714. The first-order chi connectivity index (χ1) is 14.1. The van der Waals surface area contributed by atoms with Crippen molar-refractivity contribution >= 4 is 24.1 Å². The molecule has 0 fully saturated rings. The Kier molecular flexibility index (Phi) is 18.4. The predicted molar refractivity (Wildman–Crippen MR) is 108 cm³/mol. The van der Waals surface area contributed by atoms with E-state index >= 15 is 0 Å². The van der Waals surface area contributed by atoms with Gasteiger partial charge in [-0.25, -0.2) is 24.4 Å². The molecule has 0 aromatic rings. The monoisotopic (exact) mass is 408 g/mol. The van der Waals surface area contributed by atoms with Crippen molar-refractivity contribution in [3.8, 4) is 0 Å². The number of esters is 2. The third-order valence-electron chi connectivity index (χ3n) is 4.10. The molecule has 0 spiro atoms. The lowest BCUT2D eigenvalue weighted by atomic mass is 10.1. The van der Waals surface area contributed by atoms with Gasteiger partial charge in [-0.15, -0.1) is 0 Å². The van der Waals surface area contributed by atoms with E-state index in [1.807, 2.05) is 0 Å². The third kappa shape index (κ3) is 18.6. The van der Waals surface area contributed by atoms with Crippen molar-refractivity contribution in [2.45, 2.75) is 70.6 Å². The number of ether oxygens (including phenoxy) is 2. The molecule has 8 nitrogen and oxygen atoms in total. The lowest BCUT2D eigenvalue weighted by molar-refractivity contribution is -0.146. The number of hydrogen-bond acceptors (Lipinski definition) is 8. The van der Waals surface area contributed by atoms with Gasteiger partial charge >= 0.3 is 11.9 Å². The molecule has 0 aliphatic rings. The molecule has 0 aromatic heterocycles. The topological polar surface area (TPSA) is 111 Å². The van der Waals surface area contributed by atoms with Crippen LogP contribution in [0.4, 0.5) is 0 Å². The number of aliphatic imine (C=N–C) groups is 2. The molecule has 0 N–H and O–H groups in total. The van der Waals surface area contributed by atoms with Crippen molar-refractivity contribution in [3.63, 3.8) is 0 Å². The summed E-state index contributed by atoms with van der Waals surface area (Å²) in [6.45, 7) is 5.21. The molecule has 29 heavy (non-hydrogen) atoms. The summed E-state index contributed by atoms with van der Waals surface area (Å²) in [5, 5.41) is 0. The van der Waals surface area contributed by atoms with Crippen LogP contribution in [0.1, 0.15) is 70.6 Å². The summed E-state index contributed by atoms with van der Waals surface area (Å²) in [7, 11) is 0. The maximum Gasteiger partial charge on any atom is 0.333 e. The second-order valence-electron chi connectivity index (χ2n) is 6.62. The fourth-order valence-corrected chi connectivity index (χ4v) is 2.49. The van der Waals surface area contributed by atoms with Gasteiger partial charge in [0.1, 0.15) is 0 Å². The van der Waals surface area contributed by atoms with E-state index in [1.165, 1.54) is 12.2 Å². The molecule has 0 aliphatic heterocycles. The van der Waals surface area contributed by atoms with Gasteiger partial charge < -0.3 is 9.47 Å². The zero-order valence-corrected chi connectivity index (χ0v) is 17.2. The minimum absolute atomic E-state index is 0.0949. The van der Waals surface area contributed by atoms with Crippen molar-refractivity contribution in [2.24, 2.45) is 9.98 Å². The molecular formula is C21H32N2O6. The number of carbonyl (C=O) groups is 2. The summed E-state index contributed by atoms with van der Waals surface area (Å²) < 4.78 is 10.2. The van der Waals surface area contributed by atoms with E-state index in [-0.39, 0.29) is 18.6 Å². The summed E-state index contributed by atoms with van der Waals surface area (Å²) in [4.78, 5) is 50.3. The summed E-state index contributed by atoms with van der Waals surface area (Å²) in [5.41, 5.74) is 0.0949. The van der Waals surface area contributed by atoms with Crippen LogP contribution in [0.15, 0.2) is 22.1 Å². The van der Waals surface area contributed by atoms with E-state index in [4.69, 9.17) is 9.47 Å². The smallest absolute Gasteiger partial charge is 0.333 e. The molecule has 0 unspecified atom stereocenters. The highest BCUT2D eigenvalue weighted by atomic mass is 16.5. The Hall–Kier alpha value is -2.56. The Morgan fingerprint density at radius 3 is 1.66 bits per heavy atom. The highest BCUT2D eigenvalue weighted by Crippen LogP contribution is 2.08. The van der Waals surface area contributed by atoms with Gasteiger partial charge in [0.2, 0.25) is 12.2 Å². The van der Waals surface area contributed by atoms with Crippen molar-refractivity contribution in [2.75, 3.05) is 26.3 Å². The molecule has 0 rings (SSSR count). The van der Waals surface area contributed by atoms with Gasteiger partial charge in [-0.3, -0.25) is 4.79 Å². The van der Waals surface area contributed by atoms with Crippen LogP contribution in [0.2, 0.25) is 0 Å². The Labute approximate surface area is 172 Å². The van der Waals surface area contributed by atoms with Crippen molar-refractivity contribution in [1.29, 1.82) is 0 Å². The Balaban J connectivity index is 3.58. The highest BCUT2D eigenvalue weighted by molar-refractivity contribution is 5.93. The Morgan fingerprint density at radius 1 is 0.690 bits per heavy atom. The van der Waals surface area contributed by atoms with Gasteiger partial charge in [0.25, 0.3) is 0 Å². The summed E-state index contributed by atoms with van der Waals surface area (Å²) in [5.74, 6) is -1.05. The summed E-state index contributed by atoms with van der Waals surface area (Å²) >= 11 is 0. The minimum Gasteiger partial charge on any atom is -0.465 e. The van der Waals surface area contributed by atoms with Crippen LogP contribution in [0.3, 0.4) is 0 Å². The number of hydrogen-bond donors (Lipinski definition) is 0. The third-order valence-corrected chi connectivity index (χ3v) is 4.10. The van der Waals surface area contributed by atoms with Crippen LogP contribution >= 0.6 is 0 Å². The number of unbranched alkanes of at least 4 members (excludes halogenated alkanes) is 8. The van der Waals surface area contributed by atoms with Crippen LogP contribution in [0.5, 0.6) is 0 Å². The van der Waals surface area contributed by atoms with Gasteiger partial charge in [0.15, 0.2) is 0 Å². The maximum absolute atomic E-state index is 11.8. The second kappa shape index (κ2) is 20.2. The molecule has 0 radical (unpaired) electrons. The first kappa shape index (κ1) is 26.4. The molecular weight excluding hydrogens is 376 g/mol. The van der Waals surface area contributed by atoms with Crippen LogP contribution in [0.25, 0.3) is 0 Å². The molecule has 0 atom stereocenters. The number of nitrogens with zero attached hydrogens (tertiary/aromatic N) is 2. The van der Waals surface area contributed by atoms with E-state index in [9.17, 15) is 19.2 Å². The van der Waals surface area contributed by atoms with E-state index in [2.05, 4.69) is 16.6 Å². The Morgan fingerprint density at radius 2 is 1.14 bits per heavy atom. The number of carbonyl (C=O) groups excluding carboxylic acids is 4. The lowest BCUT2D eigenvalue weighted by Crippen LogP contribution is -2.14. The number of isocyanates is 2. The predicted octanol–water partition coefficient (Wildman–Crippen LogP) is 3.59. The first-order valence-corrected chi connectivity index (χ1v) is 10.2. The van der Waals surface area contributed by atoms with E-state index in [1.54, 1.807) is 0 Å². The van der Waals surface area contributed by atoms with Crippen LogP contribution < -0.4 is 0 Å². The molecule has 0 saturated heterocycles. The SMILES string of the molecule is C=C(CC(=O)OCCCCCCCN=C=O)C(=O)OCCCCCCCN=C=O. The molecule has 0 aliphatic carbocycles. The molecule has 8 heteroatoms. The maximum atomic E-state index is 11.8. The Bertz CT molecular complexity index is 578. The quantitative estimate of drug-likeness (QED) is 0.106.